The summed E-state index contributed by atoms with van der Waals surface area (Å²) in [6.45, 7) is 3.89. The van der Waals surface area contributed by atoms with E-state index in [2.05, 4.69) is 10.8 Å². The highest BCUT2D eigenvalue weighted by Gasteiger charge is 2.27. The van der Waals surface area contributed by atoms with E-state index >= 15 is 0 Å². The lowest BCUT2D eigenvalue weighted by molar-refractivity contribution is 0.532. The van der Waals surface area contributed by atoms with Crippen molar-refractivity contribution in [1.82, 2.24) is 4.72 Å². The first-order valence-electron chi connectivity index (χ1n) is 8.16. The molecule has 132 valence electrons. The van der Waals surface area contributed by atoms with Crippen molar-refractivity contribution in [2.75, 3.05) is 0 Å². The summed E-state index contributed by atoms with van der Waals surface area (Å²) < 4.78 is 28.1. The molecular weight excluding hydrogens is 352 g/mol. The van der Waals surface area contributed by atoms with E-state index in [-0.39, 0.29) is 4.90 Å². The van der Waals surface area contributed by atoms with E-state index in [9.17, 15) is 13.7 Å². The molecule has 25 heavy (non-hydrogen) atoms. The Hall–Kier alpha value is -1.81. The van der Waals surface area contributed by atoms with E-state index in [4.69, 9.17) is 0 Å². The van der Waals surface area contributed by atoms with Crippen LogP contribution >= 0.6 is 11.8 Å². The van der Waals surface area contributed by atoms with Gasteiger partial charge in [0.2, 0.25) is 10.0 Å². The third-order valence-electron chi connectivity index (χ3n) is 3.74. The standard InChI is InChI=1S/C19H22N2O2S2/c1-3-7-18(19(14-20)24-16-8-5-4-6-9-16)21-25(22,23)17-12-10-15(2)11-13-17/h4-6,8-13,18-19,21H,3,7H2,1-2H3/t18-,19+/m0/s1. The SMILES string of the molecule is CCC[C@H](NS(=O)(=O)c1ccc(C)cc1)[C@@H](C#N)Sc1ccccc1. The lowest BCUT2D eigenvalue weighted by Crippen LogP contribution is -2.41. The van der Waals surface area contributed by atoms with Gasteiger partial charge in [0.25, 0.3) is 0 Å². The summed E-state index contributed by atoms with van der Waals surface area (Å²) in [5.41, 5.74) is 0.999. The first-order chi connectivity index (χ1) is 12.0. The van der Waals surface area contributed by atoms with Crippen LogP contribution in [0.25, 0.3) is 0 Å². The number of aryl methyl sites for hydroxylation is 1. The molecular formula is C19H22N2O2S2. The summed E-state index contributed by atoms with van der Waals surface area (Å²) in [5.74, 6) is 0. The van der Waals surface area contributed by atoms with Crippen molar-refractivity contribution in [2.24, 2.45) is 0 Å². The van der Waals surface area contributed by atoms with Crippen LogP contribution in [0.5, 0.6) is 0 Å². The molecule has 1 N–H and O–H groups in total. The number of nitrogens with one attached hydrogen (secondary N) is 1. The minimum absolute atomic E-state index is 0.223. The minimum Gasteiger partial charge on any atom is -0.207 e. The molecule has 0 aromatic heterocycles. The van der Waals surface area contributed by atoms with Gasteiger partial charge in [-0.1, -0.05) is 49.2 Å². The predicted octanol–water partition coefficient (Wildman–Crippen LogP) is 4.13. The molecule has 2 rings (SSSR count). The molecule has 0 heterocycles. The van der Waals surface area contributed by atoms with E-state index in [1.54, 1.807) is 24.3 Å². The van der Waals surface area contributed by atoms with Gasteiger partial charge in [-0.25, -0.2) is 13.1 Å². The summed E-state index contributed by atoms with van der Waals surface area (Å²) in [6.07, 6.45) is 1.39. The highest BCUT2D eigenvalue weighted by atomic mass is 32.2. The molecule has 2 atom stereocenters. The average molecular weight is 375 g/mol. The van der Waals surface area contributed by atoms with E-state index in [1.807, 2.05) is 44.2 Å². The number of nitrogens with zero attached hydrogens (tertiary/aromatic N) is 1. The average Bonchev–Trinajstić information content (AvgIpc) is 2.60. The Labute approximate surface area is 154 Å². The van der Waals surface area contributed by atoms with Gasteiger partial charge in [0, 0.05) is 10.9 Å². The van der Waals surface area contributed by atoms with Crippen molar-refractivity contribution in [2.45, 2.75) is 47.8 Å². The van der Waals surface area contributed by atoms with Crippen LogP contribution in [0.15, 0.2) is 64.4 Å². The van der Waals surface area contributed by atoms with Gasteiger partial charge in [-0.3, -0.25) is 0 Å². The Morgan fingerprint density at radius 2 is 1.76 bits per heavy atom. The van der Waals surface area contributed by atoms with Crippen LogP contribution in [-0.2, 0) is 10.0 Å². The van der Waals surface area contributed by atoms with Crippen molar-refractivity contribution in [3.8, 4) is 6.07 Å². The molecule has 0 unspecified atom stereocenters. The first kappa shape index (κ1) is 19.5. The molecule has 0 aliphatic heterocycles. The monoisotopic (exact) mass is 374 g/mol. The van der Waals surface area contributed by atoms with Gasteiger partial charge in [0.15, 0.2) is 0 Å². The first-order valence-corrected chi connectivity index (χ1v) is 10.5. The molecule has 0 amide bonds. The van der Waals surface area contributed by atoms with Crippen molar-refractivity contribution in [3.63, 3.8) is 0 Å². The van der Waals surface area contributed by atoms with Gasteiger partial charge in [-0.15, -0.1) is 11.8 Å². The van der Waals surface area contributed by atoms with Crippen LogP contribution in [-0.4, -0.2) is 19.7 Å². The second-order valence-electron chi connectivity index (χ2n) is 5.81. The summed E-state index contributed by atoms with van der Waals surface area (Å²) in [4.78, 5) is 1.17. The van der Waals surface area contributed by atoms with E-state index < -0.39 is 21.3 Å². The van der Waals surface area contributed by atoms with Gasteiger partial charge in [-0.2, -0.15) is 5.26 Å². The van der Waals surface area contributed by atoms with E-state index in [0.717, 1.165) is 16.9 Å². The highest BCUT2D eigenvalue weighted by Crippen LogP contribution is 2.27. The zero-order valence-electron chi connectivity index (χ0n) is 14.3. The summed E-state index contributed by atoms with van der Waals surface area (Å²) in [7, 11) is -3.66. The third-order valence-corrected chi connectivity index (χ3v) is 6.47. The molecule has 2 aromatic rings. The predicted molar refractivity (Wildman–Crippen MR) is 102 cm³/mol. The molecule has 0 spiro atoms. The van der Waals surface area contributed by atoms with Gasteiger partial charge < -0.3 is 0 Å². The highest BCUT2D eigenvalue weighted by molar-refractivity contribution is 8.00. The van der Waals surface area contributed by atoms with Gasteiger partial charge in [-0.05, 0) is 37.6 Å². The summed E-state index contributed by atoms with van der Waals surface area (Å²) in [6, 6.07) is 18.1. The van der Waals surface area contributed by atoms with Crippen LogP contribution in [0.3, 0.4) is 0 Å². The fourth-order valence-corrected chi connectivity index (χ4v) is 4.81. The Balaban J connectivity index is 2.21. The second-order valence-corrected chi connectivity index (χ2v) is 8.74. The maximum Gasteiger partial charge on any atom is 0.240 e. The maximum atomic E-state index is 12.7. The largest absolute Gasteiger partial charge is 0.240 e. The van der Waals surface area contributed by atoms with E-state index in [1.165, 1.54) is 11.8 Å². The fraction of sp³-hybridized carbons (Fsp3) is 0.316. The third kappa shape index (κ3) is 5.60. The Kier molecular flexibility index (Phi) is 7.06. The normalized spacial score (nSPS) is 13.8. The van der Waals surface area contributed by atoms with E-state index in [0.29, 0.717) is 6.42 Å². The maximum absolute atomic E-state index is 12.7. The molecule has 2 aromatic carbocycles. The Morgan fingerprint density at radius 1 is 1.12 bits per heavy atom. The molecule has 0 bridgehead atoms. The number of nitriles is 1. The molecule has 0 saturated carbocycles. The van der Waals surface area contributed by atoms with Crippen LogP contribution in [0.4, 0.5) is 0 Å². The minimum atomic E-state index is -3.66. The van der Waals surface area contributed by atoms with Crippen LogP contribution < -0.4 is 4.72 Å². The second kappa shape index (κ2) is 9.04. The number of sulfonamides is 1. The topological polar surface area (TPSA) is 70.0 Å². The molecule has 6 heteroatoms. The van der Waals surface area contributed by atoms with Gasteiger partial charge in [0.05, 0.1) is 11.0 Å². The van der Waals surface area contributed by atoms with Gasteiger partial charge >= 0.3 is 0 Å². The lowest BCUT2D eigenvalue weighted by Gasteiger charge is -2.22. The Bertz CT molecular complexity index is 813. The van der Waals surface area contributed by atoms with Crippen molar-refractivity contribution in [3.05, 3.63) is 60.2 Å². The number of hydrogen-bond donors (Lipinski definition) is 1. The summed E-state index contributed by atoms with van der Waals surface area (Å²) in [5, 5.41) is 9.08. The fourth-order valence-electron chi connectivity index (χ4n) is 2.41. The van der Waals surface area contributed by atoms with Crippen molar-refractivity contribution < 1.29 is 8.42 Å². The molecule has 4 nitrogen and oxygen atoms in total. The number of rotatable bonds is 8. The van der Waals surface area contributed by atoms with Crippen molar-refractivity contribution >= 4 is 21.8 Å². The lowest BCUT2D eigenvalue weighted by atomic mass is 10.1. The zero-order chi connectivity index (χ0) is 18.3. The smallest absolute Gasteiger partial charge is 0.207 e. The quantitative estimate of drug-likeness (QED) is 0.706. The van der Waals surface area contributed by atoms with Gasteiger partial charge in [0.1, 0.15) is 5.25 Å². The molecule has 0 fully saturated rings. The molecule has 0 saturated heterocycles. The van der Waals surface area contributed by atoms with Crippen LogP contribution in [0, 0.1) is 18.3 Å². The Morgan fingerprint density at radius 3 is 2.32 bits per heavy atom. The number of hydrogen-bond acceptors (Lipinski definition) is 4. The van der Waals surface area contributed by atoms with Crippen molar-refractivity contribution in [1.29, 1.82) is 5.26 Å². The summed E-state index contributed by atoms with van der Waals surface area (Å²) >= 11 is 1.39. The van der Waals surface area contributed by atoms with Crippen LogP contribution in [0.2, 0.25) is 0 Å². The molecule has 0 radical (unpaired) electrons. The zero-order valence-corrected chi connectivity index (χ0v) is 16.0. The number of benzene rings is 2. The molecule has 0 aliphatic rings. The molecule has 0 aliphatic carbocycles. The van der Waals surface area contributed by atoms with Crippen LogP contribution in [0.1, 0.15) is 25.3 Å². The number of thioether (sulfide) groups is 1.